The van der Waals surface area contributed by atoms with Gasteiger partial charge >= 0.3 is 0 Å². The van der Waals surface area contributed by atoms with Crippen LogP contribution in [0.4, 0.5) is 5.82 Å². The molecule has 1 fully saturated rings. The first-order valence-electron chi connectivity index (χ1n) is 6.13. The Morgan fingerprint density at radius 1 is 1.53 bits per heavy atom. The van der Waals surface area contributed by atoms with Gasteiger partial charge in [0.2, 0.25) is 11.8 Å². The lowest BCUT2D eigenvalue weighted by Gasteiger charge is -2.16. The molecule has 1 aliphatic rings. The van der Waals surface area contributed by atoms with E-state index in [1.165, 1.54) is 4.90 Å². The molecule has 0 bridgehead atoms. The molecule has 0 aliphatic heterocycles. The van der Waals surface area contributed by atoms with Crippen molar-refractivity contribution in [3.63, 3.8) is 0 Å². The lowest BCUT2D eigenvalue weighted by atomic mass is 10.3. The van der Waals surface area contributed by atoms with Crippen LogP contribution in [0, 0.1) is 11.8 Å². The van der Waals surface area contributed by atoms with Gasteiger partial charge in [-0.3, -0.25) is 9.59 Å². The second-order valence-electron chi connectivity index (χ2n) is 4.92. The number of hydrogen-bond acceptors (Lipinski definition) is 3. The highest BCUT2D eigenvalue weighted by molar-refractivity contribution is 9.10. The summed E-state index contributed by atoms with van der Waals surface area (Å²) in [7, 11) is 1.65. The van der Waals surface area contributed by atoms with E-state index in [2.05, 4.69) is 26.2 Å². The molecular weight excluding hydrogens is 310 g/mol. The van der Waals surface area contributed by atoms with Crippen molar-refractivity contribution in [3.05, 3.63) is 22.8 Å². The van der Waals surface area contributed by atoms with Crippen molar-refractivity contribution in [1.29, 1.82) is 0 Å². The number of likely N-dealkylation sites (N-methyl/N-ethyl adjacent to an activating group) is 1. The molecule has 0 spiro atoms. The van der Waals surface area contributed by atoms with Crippen LogP contribution in [0.25, 0.3) is 0 Å². The number of rotatable bonds is 4. The van der Waals surface area contributed by atoms with Crippen LogP contribution in [0.2, 0.25) is 0 Å². The highest BCUT2D eigenvalue weighted by Gasteiger charge is 2.40. The second kappa shape index (κ2) is 5.69. The number of aromatic nitrogens is 1. The molecule has 6 heteroatoms. The number of hydrogen-bond donors (Lipinski definition) is 1. The first-order valence-corrected chi connectivity index (χ1v) is 6.93. The van der Waals surface area contributed by atoms with E-state index in [1.54, 1.807) is 25.4 Å². The van der Waals surface area contributed by atoms with Crippen LogP contribution in [-0.4, -0.2) is 35.3 Å². The van der Waals surface area contributed by atoms with Gasteiger partial charge in [0.15, 0.2) is 0 Å². The topological polar surface area (TPSA) is 62.3 Å². The van der Waals surface area contributed by atoms with E-state index in [1.807, 2.05) is 6.92 Å². The van der Waals surface area contributed by atoms with Crippen molar-refractivity contribution in [3.8, 4) is 0 Å². The summed E-state index contributed by atoms with van der Waals surface area (Å²) in [5.74, 6) is 0.842. The highest BCUT2D eigenvalue weighted by Crippen LogP contribution is 2.38. The molecule has 0 saturated heterocycles. The summed E-state index contributed by atoms with van der Waals surface area (Å²) in [5, 5.41) is 2.66. The molecule has 2 atom stereocenters. The van der Waals surface area contributed by atoms with Gasteiger partial charge in [-0.1, -0.05) is 6.92 Å². The number of anilines is 1. The fourth-order valence-electron chi connectivity index (χ4n) is 1.87. The minimum absolute atomic E-state index is 0.0476. The highest BCUT2D eigenvalue weighted by atomic mass is 79.9. The summed E-state index contributed by atoms with van der Waals surface area (Å²) >= 11 is 3.27. The molecule has 1 heterocycles. The lowest BCUT2D eigenvalue weighted by molar-refractivity contribution is -0.134. The van der Waals surface area contributed by atoms with Crippen molar-refractivity contribution in [2.45, 2.75) is 13.3 Å². The zero-order valence-corrected chi connectivity index (χ0v) is 12.5. The minimum atomic E-state index is -0.237. The van der Waals surface area contributed by atoms with Crippen LogP contribution in [-0.2, 0) is 9.59 Å². The standard InChI is InChI=1S/C13H16BrN3O2/c1-8-5-10(8)13(19)17(2)7-12(18)16-11-4-3-9(14)6-15-11/h3-4,6,8,10H,5,7H2,1-2H3,(H,15,16,18)/t8-,10+/m0/s1. The third kappa shape index (κ3) is 3.76. The number of pyridine rings is 1. The predicted octanol–water partition coefficient (Wildman–Crippen LogP) is 1.90. The zero-order chi connectivity index (χ0) is 14.0. The van der Waals surface area contributed by atoms with Gasteiger partial charge in [-0.2, -0.15) is 0 Å². The van der Waals surface area contributed by atoms with Crippen LogP contribution in [0.15, 0.2) is 22.8 Å². The van der Waals surface area contributed by atoms with E-state index in [-0.39, 0.29) is 24.3 Å². The van der Waals surface area contributed by atoms with Gasteiger partial charge in [0, 0.05) is 23.6 Å². The Balaban J connectivity index is 1.83. The average Bonchev–Trinajstić information content (AvgIpc) is 3.08. The van der Waals surface area contributed by atoms with Gasteiger partial charge < -0.3 is 10.2 Å². The van der Waals surface area contributed by atoms with Crippen LogP contribution in [0.3, 0.4) is 0 Å². The molecule has 2 rings (SSSR count). The Morgan fingerprint density at radius 2 is 2.21 bits per heavy atom. The van der Waals surface area contributed by atoms with E-state index in [0.717, 1.165) is 10.9 Å². The Morgan fingerprint density at radius 3 is 2.74 bits per heavy atom. The van der Waals surface area contributed by atoms with Gasteiger partial charge in [0.25, 0.3) is 0 Å². The maximum absolute atomic E-state index is 11.9. The molecule has 1 N–H and O–H groups in total. The molecule has 19 heavy (non-hydrogen) atoms. The average molecular weight is 326 g/mol. The van der Waals surface area contributed by atoms with Gasteiger partial charge in [0.1, 0.15) is 5.82 Å². The molecule has 1 aromatic heterocycles. The third-order valence-electron chi connectivity index (χ3n) is 3.18. The minimum Gasteiger partial charge on any atom is -0.336 e. The quantitative estimate of drug-likeness (QED) is 0.919. The summed E-state index contributed by atoms with van der Waals surface area (Å²) in [5.41, 5.74) is 0. The largest absolute Gasteiger partial charge is 0.336 e. The van der Waals surface area contributed by atoms with E-state index in [4.69, 9.17) is 0 Å². The van der Waals surface area contributed by atoms with Gasteiger partial charge in [-0.25, -0.2) is 4.98 Å². The molecule has 1 aromatic rings. The molecular formula is C13H16BrN3O2. The van der Waals surface area contributed by atoms with Gasteiger partial charge in [-0.05, 0) is 40.4 Å². The Hall–Kier alpha value is -1.43. The van der Waals surface area contributed by atoms with Crippen LogP contribution < -0.4 is 5.32 Å². The maximum atomic E-state index is 11.9. The third-order valence-corrected chi connectivity index (χ3v) is 3.65. The van der Waals surface area contributed by atoms with E-state index in [0.29, 0.717) is 11.7 Å². The molecule has 1 aliphatic carbocycles. The monoisotopic (exact) mass is 325 g/mol. The molecule has 2 amide bonds. The molecule has 5 nitrogen and oxygen atoms in total. The number of halogens is 1. The number of carbonyl (C=O) groups excluding carboxylic acids is 2. The number of carbonyl (C=O) groups is 2. The van der Waals surface area contributed by atoms with Crippen molar-refractivity contribution in [2.75, 3.05) is 18.9 Å². The van der Waals surface area contributed by atoms with Crippen molar-refractivity contribution < 1.29 is 9.59 Å². The fraction of sp³-hybridized carbons (Fsp3) is 0.462. The molecule has 102 valence electrons. The SMILES string of the molecule is C[C@H]1C[C@H]1C(=O)N(C)CC(=O)Nc1ccc(Br)cn1. The van der Waals surface area contributed by atoms with Crippen molar-refractivity contribution >= 4 is 33.6 Å². The Labute approximate surface area is 120 Å². The molecule has 0 radical (unpaired) electrons. The first kappa shape index (κ1) is 14.0. The van der Waals surface area contributed by atoms with Crippen molar-refractivity contribution in [2.24, 2.45) is 11.8 Å². The van der Waals surface area contributed by atoms with E-state index >= 15 is 0 Å². The lowest BCUT2D eigenvalue weighted by Crippen LogP contribution is -2.36. The van der Waals surface area contributed by atoms with E-state index in [9.17, 15) is 9.59 Å². The molecule has 0 unspecified atom stereocenters. The summed E-state index contributed by atoms with van der Waals surface area (Å²) < 4.78 is 0.848. The smallest absolute Gasteiger partial charge is 0.245 e. The maximum Gasteiger partial charge on any atom is 0.245 e. The van der Waals surface area contributed by atoms with Crippen molar-refractivity contribution in [1.82, 2.24) is 9.88 Å². The summed E-state index contributed by atoms with van der Waals surface area (Å²) in [6.45, 7) is 2.10. The van der Waals surface area contributed by atoms with Gasteiger partial charge in [-0.15, -0.1) is 0 Å². The van der Waals surface area contributed by atoms with Crippen LogP contribution in [0.1, 0.15) is 13.3 Å². The van der Waals surface area contributed by atoms with Gasteiger partial charge in [0.05, 0.1) is 6.54 Å². The zero-order valence-electron chi connectivity index (χ0n) is 10.9. The predicted molar refractivity (Wildman–Crippen MR) is 75.5 cm³/mol. The second-order valence-corrected chi connectivity index (χ2v) is 5.84. The molecule has 0 aromatic carbocycles. The summed E-state index contributed by atoms with van der Waals surface area (Å²) in [4.78, 5) is 29.2. The number of nitrogens with zero attached hydrogens (tertiary/aromatic N) is 2. The summed E-state index contributed by atoms with van der Waals surface area (Å²) in [6, 6.07) is 3.50. The van der Waals surface area contributed by atoms with Crippen LogP contribution >= 0.6 is 15.9 Å². The van der Waals surface area contributed by atoms with Crippen LogP contribution in [0.5, 0.6) is 0 Å². The number of nitrogens with one attached hydrogen (secondary N) is 1. The number of amides is 2. The fourth-order valence-corrected chi connectivity index (χ4v) is 2.11. The Kier molecular flexibility index (Phi) is 4.19. The Bertz CT molecular complexity index is 489. The summed E-state index contributed by atoms with van der Waals surface area (Å²) in [6.07, 6.45) is 2.54. The van der Waals surface area contributed by atoms with E-state index < -0.39 is 0 Å². The first-order chi connectivity index (χ1) is 8.97. The molecule has 1 saturated carbocycles. The normalized spacial score (nSPS) is 20.8.